The highest BCUT2D eigenvalue weighted by molar-refractivity contribution is 7.89. The smallest absolute Gasteiger partial charge is 0.243 e. The van der Waals surface area contributed by atoms with Crippen molar-refractivity contribution in [2.75, 3.05) is 18.4 Å². The van der Waals surface area contributed by atoms with Crippen LogP contribution in [0.3, 0.4) is 0 Å². The number of carbonyl (C=O) groups is 1. The standard InChI is InChI=1S/C21H29N3O3S2/c1-3-24(4-2)29(26,27)18-11-9-17(10-12-18)19(15-16-7-5-6-8-16)20(25)23-21-22-13-14-28-21/h9-14,16,19H,3-8,15H2,1-2H3,(H,22,23,25). The summed E-state index contributed by atoms with van der Waals surface area (Å²) in [6.07, 6.45) is 7.17. The second-order valence-corrected chi connectivity index (χ2v) is 10.3. The third-order valence-corrected chi connectivity index (χ3v) is 8.40. The highest BCUT2D eigenvalue weighted by Gasteiger charge is 2.28. The van der Waals surface area contributed by atoms with Gasteiger partial charge in [-0.05, 0) is 30.0 Å². The molecular formula is C21H29N3O3S2. The first-order valence-corrected chi connectivity index (χ1v) is 12.6. The molecule has 1 aromatic heterocycles. The lowest BCUT2D eigenvalue weighted by Gasteiger charge is -2.21. The Bertz CT molecular complexity index is 886. The number of aromatic nitrogens is 1. The van der Waals surface area contributed by atoms with Gasteiger partial charge >= 0.3 is 0 Å². The zero-order valence-electron chi connectivity index (χ0n) is 17.0. The van der Waals surface area contributed by atoms with Crippen LogP contribution in [0.2, 0.25) is 0 Å². The van der Waals surface area contributed by atoms with Crippen molar-refractivity contribution in [1.29, 1.82) is 0 Å². The van der Waals surface area contributed by atoms with Gasteiger partial charge in [-0.3, -0.25) is 4.79 Å². The van der Waals surface area contributed by atoms with Gasteiger partial charge in [0.15, 0.2) is 5.13 Å². The molecule has 1 atom stereocenters. The fourth-order valence-corrected chi connectivity index (χ4v) is 6.03. The molecule has 6 nitrogen and oxygen atoms in total. The molecule has 1 unspecified atom stereocenters. The number of sulfonamides is 1. The maximum absolute atomic E-state index is 13.0. The van der Waals surface area contributed by atoms with Gasteiger partial charge in [-0.2, -0.15) is 4.31 Å². The number of benzene rings is 1. The Balaban J connectivity index is 1.83. The number of nitrogens with zero attached hydrogens (tertiary/aromatic N) is 2. The predicted molar refractivity (Wildman–Crippen MR) is 117 cm³/mol. The van der Waals surface area contributed by atoms with Crippen molar-refractivity contribution in [2.45, 2.75) is 56.8 Å². The number of amides is 1. The molecule has 3 rings (SSSR count). The zero-order chi connectivity index (χ0) is 20.9. The van der Waals surface area contributed by atoms with Crippen molar-refractivity contribution in [3.63, 3.8) is 0 Å². The Hall–Kier alpha value is -1.77. The van der Waals surface area contributed by atoms with Gasteiger partial charge in [-0.25, -0.2) is 13.4 Å². The Kier molecular flexibility index (Phi) is 7.43. The Morgan fingerprint density at radius 3 is 2.41 bits per heavy atom. The molecule has 1 N–H and O–H groups in total. The number of rotatable bonds is 9. The van der Waals surface area contributed by atoms with E-state index in [1.165, 1.54) is 28.5 Å². The minimum absolute atomic E-state index is 0.0776. The third-order valence-electron chi connectivity index (χ3n) is 5.65. The van der Waals surface area contributed by atoms with E-state index >= 15 is 0 Å². The molecule has 0 radical (unpaired) electrons. The molecule has 0 spiro atoms. The summed E-state index contributed by atoms with van der Waals surface area (Å²) in [5.74, 6) is 0.138. The number of nitrogens with one attached hydrogen (secondary N) is 1. The molecule has 0 bridgehead atoms. The quantitative estimate of drug-likeness (QED) is 0.630. The van der Waals surface area contributed by atoms with E-state index < -0.39 is 10.0 Å². The van der Waals surface area contributed by atoms with E-state index in [9.17, 15) is 13.2 Å². The van der Waals surface area contributed by atoms with Crippen LogP contribution in [0.5, 0.6) is 0 Å². The molecule has 0 saturated heterocycles. The zero-order valence-corrected chi connectivity index (χ0v) is 18.6. The van der Waals surface area contributed by atoms with E-state index in [1.54, 1.807) is 30.5 Å². The number of hydrogen-bond acceptors (Lipinski definition) is 5. The summed E-state index contributed by atoms with van der Waals surface area (Å²) >= 11 is 1.39. The second-order valence-electron chi connectivity index (χ2n) is 7.42. The first-order valence-electron chi connectivity index (χ1n) is 10.3. The Labute approximate surface area is 177 Å². The van der Waals surface area contributed by atoms with E-state index in [1.807, 2.05) is 19.2 Å². The van der Waals surface area contributed by atoms with Gasteiger partial charge in [0.2, 0.25) is 15.9 Å². The van der Waals surface area contributed by atoms with E-state index in [0.29, 0.717) is 24.1 Å². The molecule has 158 valence electrons. The molecule has 1 fully saturated rings. The molecule has 8 heteroatoms. The van der Waals surface area contributed by atoms with Crippen LogP contribution in [0.25, 0.3) is 0 Å². The number of carbonyl (C=O) groups excluding carboxylic acids is 1. The summed E-state index contributed by atoms with van der Waals surface area (Å²) in [6.45, 7) is 4.52. The van der Waals surface area contributed by atoms with Crippen LogP contribution in [-0.2, 0) is 14.8 Å². The molecule has 0 aliphatic heterocycles. The van der Waals surface area contributed by atoms with Crippen LogP contribution >= 0.6 is 11.3 Å². The van der Waals surface area contributed by atoms with Crippen molar-refractivity contribution in [3.8, 4) is 0 Å². The topological polar surface area (TPSA) is 79.4 Å². The highest BCUT2D eigenvalue weighted by Crippen LogP contribution is 2.35. The van der Waals surface area contributed by atoms with Gasteiger partial charge in [0.1, 0.15) is 0 Å². The maximum Gasteiger partial charge on any atom is 0.243 e. The normalized spacial score (nSPS) is 16.2. The van der Waals surface area contributed by atoms with Gasteiger partial charge in [0.25, 0.3) is 0 Å². The minimum Gasteiger partial charge on any atom is -0.301 e. The van der Waals surface area contributed by atoms with E-state index in [4.69, 9.17) is 0 Å². The third kappa shape index (κ3) is 5.24. The van der Waals surface area contributed by atoms with Crippen LogP contribution in [0.15, 0.2) is 40.7 Å². The van der Waals surface area contributed by atoms with E-state index in [-0.39, 0.29) is 16.7 Å². The predicted octanol–water partition coefficient (Wildman–Crippen LogP) is 4.48. The number of thiazole rings is 1. The van der Waals surface area contributed by atoms with Crippen LogP contribution in [0.1, 0.15) is 57.4 Å². The van der Waals surface area contributed by atoms with Crippen molar-refractivity contribution in [3.05, 3.63) is 41.4 Å². The maximum atomic E-state index is 13.0. The van der Waals surface area contributed by atoms with E-state index in [2.05, 4.69) is 10.3 Å². The molecule has 29 heavy (non-hydrogen) atoms. The minimum atomic E-state index is -3.50. The summed E-state index contributed by atoms with van der Waals surface area (Å²) in [7, 11) is -3.50. The van der Waals surface area contributed by atoms with Gasteiger partial charge < -0.3 is 5.32 Å². The molecule has 1 aliphatic carbocycles. The Morgan fingerprint density at radius 1 is 1.21 bits per heavy atom. The highest BCUT2D eigenvalue weighted by atomic mass is 32.2. The summed E-state index contributed by atoms with van der Waals surface area (Å²) < 4.78 is 26.9. The molecule has 1 saturated carbocycles. The van der Waals surface area contributed by atoms with Crippen molar-refractivity contribution in [1.82, 2.24) is 9.29 Å². The van der Waals surface area contributed by atoms with Crippen LogP contribution in [-0.4, -0.2) is 36.7 Å². The number of anilines is 1. The number of hydrogen-bond donors (Lipinski definition) is 1. The van der Waals surface area contributed by atoms with Gasteiger partial charge in [-0.15, -0.1) is 11.3 Å². The molecule has 1 aliphatic rings. The van der Waals surface area contributed by atoms with Gasteiger partial charge in [-0.1, -0.05) is 51.7 Å². The molecular weight excluding hydrogens is 406 g/mol. The second kappa shape index (κ2) is 9.82. The largest absolute Gasteiger partial charge is 0.301 e. The lowest BCUT2D eigenvalue weighted by atomic mass is 9.87. The Morgan fingerprint density at radius 2 is 1.86 bits per heavy atom. The van der Waals surface area contributed by atoms with Crippen LogP contribution in [0, 0.1) is 5.92 Å². The average molecular weight is 436 g/mol. The summed E-state index contributed by atoms with van der Waals surface area (Å²) in [4.78, 5) is 17.4. The summed E-state index contributed by atoms with van der Waals surface area (Å²) in [5, 5.41) is 5.34. The van der Waals surface area contributed by atoms with Gasteiger partial charge in [0, 0.05) is 24.7 Å². The summed E-state index contributed by atoms with van der Waals surface area (Å²) in [6, 6.07) is 6.83. The molecule has 1 amide bonds. The summed E-state index contributed by atoms with van der Waals surface area (Å²) in [5.41, 5.74) is 0.851. The first-order chi connectivity index (χ1) is 14.0. The molecule has 1 heterocycles. The average Bonchev–Trinajstić information content (AvgIpc) is 3.41. The molecule has 1 aromatic carbocycles. The molecule has 2 aromatic rings. The fraction of sp³-hybridized carbons (Fsp3) is 0.524. The first kappa shape index (κ1) is 21.9. The van der Waals surface area contributed by atoms with Crippen molar-refractivity contribution >= 4 is 32.4 Å². The van der Waals surface area contributed by atoms with E-state index in [0.717, 1.165) is 24.8 Å². The van der Waals surface area contributed by atoms with Crippen LogP contribution in [0.4, 0.5) is 5.13 Å². The van der Waals surface area contributed by atoms with Crippen molar-refractivity contribution < 1.29 is 13.2 Å². The lowest BCUT2D eigenvalue weighted by molar-refractivity contribution is -0.118. The lowest BCUT2D eigenvalue weighted by Crippen LogP contribution is -2.30. The van der Waals surface area contributed by atoms with Gasteiger partial charge in [0.05, 0.1) is 10.8 Å². The van der Waals surface area contributed by atoms with Crippen LogP contribution < -0.4 is 5.32 Å². The monoisotopic (exact) mass is 435 g/mol. The SMILES string of the molecule is CCN(CC)S(=O)(=O)c1ccc(C(CC2CCCC2)C(=O)Nc2nccs2)cc1. The van der Waals surface area contributed by atoms with Crippen molar-refractivity contribution in [2.24, 2.45) is 5.92 Å². The fourth-order valence-electron chi connectivity index (χ4n) is 4.04.